The number of carbonyl (C=O) groups excluding carboxylic acids is 1. The molecule has 92 valence electrons. The van der Waals surface area contributed by atoms with E-state index in [1.165, 1.54) is 6.07 Å². The number of rotatable bonds is 4. The minimum Gasteiger partial charge on any atom is -0.461 e. The van der Waals surface area contributed by atoms with Crippen LogP contribution in [0, 0.1) is 11.3 Å². The summed E-state index contributed by atoms with van der Waals surface area (Å²) in [5, 5.41) is 27.4. The zero-order valence-electron chi connectivity index (χ0n) is 8.95. The Labute approximate surface area is 101 Å². The van der Waals surface area contributed by atoms with Crippen molar-refractivity contribution >= 4 is 22.4 Å². The van der Waals surface area contributed by atoms with Crippen LogP contribution >= 0.6 is 11.3 Å². The molecule has 0 saturated carbocycles. The third-order valence-corrected chi connectivity index (χ3v) is 2.79. The van der Waals surface area contributed by atoms with Crippen molar-refractivity contribution in [1.29, 1.82) is 5.26 Å². The Morgan fingerprint density at radius 1 is 1.71 bits per heavy atom. The quantitative estimate of drug-likeness (QED) is 0.504. The molecule has 0 aromatic carbocycles. The van der Waals surface area contributed by atoms with Gasteiger partial charge in [-0.2, -0.15) is 5.26 Å². The molecule has 0 radical (unpaired) electrons. The number of nitrogen functional groups attached to an aromatic ring is 1. The molecule has 0 aliphatic carbocycles. The first-order chi connectivity index (χ1) is 8.01. The first-order valence-corrected chi connectivity index (χ1v) is 5.52. The molecule has 2 unspecified atom stereocenters. The van der Waals surface area contributed by atoms with Gasteiger partial charge in [-0.1, -0.05) is 11.3 Å². The van der Waals surface area contributed by atoms with E-state index in [9.17, 15) is 15.0 Å². The van der Waals surface area contributed by atoms with Crippen molar-refractivity contribution in [2.45, 2.75) is 19.1 Å². The van der Waals surface area contributed by atoms with E-state index in [2.05, 4.69) is 4.98 Å². The van der Waals surface area contributed by atoms with Crippen LogP contribution in [-0.4, -0.2) is 33.9 Å². The molecule has 0 bridgehead atoms. The van der Waals surface area contributed by atoms with Gasteiger partial charge in [0.1, 0.15) is 6.10 Å². The zero-order valence-corrected chi connectivity index (χ0v) is 9.77. The van der Waals surface area contributed by atoms with Gasteiger partial charge in [-0.15, -0.1) is 0 Å². The maximum Gasteiger partial charge on any atom is 0.358 e. The lowest BCUT2D eigenvalue weighted by Crippen LogP contribution is -2.18. The lowest BCUT2D eigenvalue weighted by molar-refractivity contribution is 0.0456. The summed E-state index contributed by atoms with van der Waals surface area (Å²) in [4.78, 5) is 15.2. The number of anilines is 1. The highest BCUT2D eigenvalue weighted by Gasteiger charge is 2.28. The summed E-state index contributed by atoms with van der Waals surface area (Å²) in [7, 11) is 0. The standard InChI is InChI=1S/C9H11N3O4S/c1-2-16-8(15)5-7(17-9(11)12-5)6(14)4(13)3-10/h4,6,13-14H,2H2,1H3,(H2,11,12). The Morgan fingerprint density at radius 2 is 2.35 bits per heavy atom. The van der Waals surface area contributed by atoms with Gasteiger partial charge in [-0.05, 0) is 6.92 Å². The van der Waals surface area contributed by atoms with Gasteiger partial charge in [0, 0.05) is 0 Å². The number of nitrogens with two attached hydrogens (primary N) is 1. The first kappa shape index (κ1) is 13.4. The topological polar surface area (TPSA) is 129 Å². The Morgan fingerprint density at radius 3 is 2.88 bits per heavy atom. The number of nitrogens with zero attached hydrogens (tertiary/aromatic N) is 2. The average Bonchev–Trinajstić information content (AvgIpc) is 2.69. The summed E-state index contributed by atoms with van der Waals surface area (Å²) in [6, 6.07) is 1.46. The van der Waals surface area contributed by atoms with Gasteiger partial charge in [0.2, 0.25) is 0 Å². The van der Waals surface area contributed by atoms with E-state index in [4.69, 9.17) is 15.7 Å². The molecule has 4 N–H and O–H groups in total. The second-order valence-electron chi connectivity index (χ2n) is 3.00. The number of aliphatic hydroxyl groups excluding tert-OH is 2. The minimum absolute atomic E-state index is 0.0231. The summed E-state index contributed by atoms with van der Waals surface area (Å²) in [5.74, 6) is -0.750. The van der Waals surface area contributed by atoms with Crippen LogP contribution in [0.4, 0.5) is 5.13 Å². The number of aromatic nitrogens is 1. The fourth-order valence-corrected chi connectivity index (χ4v) is 1.95. The van der Waals surface area contributed by atoms with Crippen molar-refractivity contribution in [3.8, 4) is 6.07 Å². The van der Waals surface area contributed by atoms with Gasteiger partial charge in [0.05, 0.1) is 17.6 Å². The van der Waals surface area contributed by atoms with Crippen molar-refractivity contribution in [3.05, 3.63) is 10.6 Å². The second kappa shape index (κ2) is 5.58. The third-order valence-electron chi connectivity index (χ3n) is 1.84. The molecule has 0 aliphatic rings. The normalized spacial score (nSPS) is 13.8. The average molecular weight is 257 g/mol. The Balaban J connectivity index is 3.08. The number of thiazole rings is 1. The number of nitriles is 1. The van der Waals surface area contributed by atoms with Crippen LogP contribution < -0.4 is 5.73 Å². The summed E-state index contributed by atoms with van der Waals surface area (Å²) in [6.07, 6.45) is -3.18. The molecule has 0 saturated heterocycles. The first-order valence-electron chi connectivity index (χ1n) is 4.70. The summed E-state index contributed by atoms with van der Waals surface area (Å²) in [5.41, 5.74) is 5.25. The molecular weight excluding hydrogens is 246 g/mol. The molecule has 17 heavy (non-hydrogen) atoms. The SMILES string of the molecule is CCOC(=O)c1nc(N)sc1C(O)C(O)C#N. The van der Waals surface area contributed by atoms with E-state index < -0.39 is 18.2 Å². The van der Waals surface area contributed by atoms with Gasteiger partial charge in [-0.25, -0.2) is 9.78 Å². The molecular formula is C9H11N3O4S. The predicted octanol–water partition coefficient (Wildman–Crippen LogP) is -0.180. The summed E-state index contributed by atoms with van der Waals surface area (Å²) in [6.45, 7) is 1.76. The summed E-state index contributed by atoms with van der Waals surface area (Å²) >= 11 is 0.825. The van der Waals surface area contributed by atoms with Gasteiger partial charge in [0.15, 0.2) is 16.9 Å². The second-order valence-corrected chi connectivity index (χ2v) is 4.07. The smallest absolute Gasteiger partial charge is 0.358 e. The van der Waals surface area contributed by atoms with Gasteiger partial charge in [-0.3, -0.25) is 0 Å². The van der Waals surface area contributed by atoms with Crippen LogP contribution in [-0.2, 0) is 4.74 Å². The zero-order chi connectivity index (χ0) is 13.0. The van der Waals surface area contributed by atoms with Crippen molar-refractivity contribution < 1.29 is 19.7 Å². The van der Waals surface area contributed by atoms with E-state index in [0.717, 1.165) is 11.3 Å². The molecule has 0 aliphatic heterocycles. The van der Waals surface area contributed by atoms with Crippen LogP contribution in [0.15, 0.2) is 0 Å². The minimum atomic E-state index is -1.65. The molecule has 1 heterocycles. The lowest BCUT2D eigenvalue weighted by atomic mass is 10.1. The highest BCUT2D eigenvalue weighted by Crippen LogP contribution is 2.29. The van der Waals surface area contributed by atoms with Gasteiger partial charge in [0.25, 0.3) is 0 Å². The van der Waals surface area contributed by atoms with Crippen molar-refractivity contribution in [3.63, 3.8) is 0 Å². The number of hydrogen-bond donors (Lipinski definition) is 3. The van der Waals surface area contributed by atoms with Gasteiger partial charge >= 0.3 is 5.97 Å². The predicted molar refractivity (Wildman–Crippen MR) is 59.1 cm³/mol. The van der Waals surface area contributed by atoms with Gasteiger partial charge < -0.3 is 20.7 Å². The Kier molecular flexibility index (Phi) is 4.39. The number of aliphatic hydroxyl groups is 2. The maximum absolute atomic E-state index is 11.5. The monoisotopic (exact) mass is 257 g/mol. The van der Waals surface area contributed by atoms with Crippen LogP contribution in [0.1, 0.15) is 28.4 Å². The highest BCUT2D eigenvalue weighted by molar-refractivity contribution is 7.15. The molecule has 8 heteroatoms. The van der Waals surface area contributed by atoms with E-state index in [1.54, 1.807) is 6.92 Å². The number of hydrogen-bond acceptors (Lipinski definition) is 8. The number of esters is 1. The lowest BCUT2D eigenvalue weighted by Gasteiger charge is -2.10. The molecule has 1 aromatic heterocycles. The van der Waals surface area contributed by atoms with Crippen LogP contribution in [0.5, 0.6) is 0 Å². The fourth-order valence-electron chi connectivity index (χ4n) is 1.11. The van der Waals surface area contributed by atoms with E-state index >= 15 is 0 Å². The molecule has 0 fully saturated rings. The van der Waals surface area contributed by atoms with Crippen molar-refractivity contribution in [1.82, 2.24) is 4.98 Å². The molecule has 7 nitrogen and oxygen atoms in total. The molecule has 0 amide bonds. The van der Waals surface area contributed by atoms with E-state index in [-0.39, 0.29) is 22.3 Å². The molecule has 1 rings (SSSR count). The Hall–Kier alpha value is -1.69. The van der Waals surface area contributed by atoms with Crippen LogP contribution in [0.2, 0.25) is 0 Å². The molecule has 2 atom stereocenters. The Bertz CT molecular complexity index is 454. The van der Waals surface area contributed by atoms with Crippen LogP contribution in [0.3, 0.4) is 0 Å². The summed E-state index contributed by atoms with van der Waals surface area (Å²) < 4.78 is 4.72. The van der Waals surface area contributed by atoms with Crippen LogP contribution in [0.25, 0.3) is 0 Å². The largest absolute Gasteiger partial charge is 0.461 e. The fraction of sp³-hybridized carbons (Fsp3) is 0.444. The maximum atomic E-state index is 11.5. The van der Waals surface area contributed by atoms with Crippen molar-refractivity contribution in [2.24, 2.45) is 0 Å². The molecule has 1 aromatic rings. The highest BCUT2D eigenvalue weighted by atomic mass is 32.1. The number of ether oxygens (including phenoxy) is 1. The third kappa shape index (κ3) is 2.91. The van der Waals surface area contributed by atoms with Crippen molar-refractivity contribution in [2.75, 3.05) is 12.3 Å². The van der Waals surface area contributed by atoms with E-state index in [0.29, 0.717) is 0 Å². The number of carbonyl (C=O) groups is 1. The molecule has 0 spiro atoms. The van der Waals surface area contributed by atoms with E-state index in [1.807, 2.05) is 0 Å².